The molecular formula is C6H11NO2. The molecule has 0 amide bonds. The minimum atomic E-state index is -0.204. The van der Waals surface area contributed by atoms with Crippen molar-refractivity contribution < 1.29 is 9.90 Å². The summed E-state index contributed by atoms with van der Waals surface area (Å²) in [4.78, 5) is 11.9. The van der Waals surface area contributed by atoms with Gasteiger partial charge in [-0.15, -0.1) is 0 Å². The van der Waals surface area contributed by atoms with Crippen molar-refractivity contribution >= 4 is 6.29 Å². The molecule has 0 unspecified atom stereocenters. The Morgan fingerprint density at radius 2 is 2.56 bits per heavy atom. The van der Waals surface area contributed by atoms with Crippen molar-refractivity contribution in [3.05, 3.63) is 0 Å². The molecule has 1 aliphatic rings. The molecule has 9 heavy (non-hydrogen) atoms. The van der Waals surface area contributed by atoms with Gasteiger partial charge in [0.25, 0.3) is 0 Å². The Bertz CT molecular complexity index is 105. The number of hydrogen-bond acceptors (Lipinski definition) is 3. The van der Waals surface area contributed by atoms with E-state index in [1.165, 1.54) is 0 Å². The third-order valence-corrected chi connectivity index (χ3v) is 1.58. The fourth-order valence-electron chi connectivity index (χ4n) is 1.08. The standard InChI is InChI=1S/C6H11NO2/c8-4-3-7-2-1-6(9)5-7/h4,6,9H,1-3,5H2/t6-/m0/s1. The summed E-state index contributed by atoms with van der Waals surface area (Å²) in [6, 6.07) is 0. The summed E-state index contributed by atoms with van der Waals surface area (Å²) < 4.78 is 0. The van der Waals surface area contributed by atoms with Crippen LogP contribution in [-0.4, -0.2) is 42.0 Å². The highest BCUT2D eigenvalue weighted by Crippen LogP contribution is 2.06. The number of β-amino-alcohol motifs (C(OH)–C–C–N with tert-alkyl or cyclic N) is 1. The van der Waals surface area contributed by atoms with Gasteiger partial charge in [-0.1, -0.05) is 0 Å². The summed E-state index contributed by atoms with van der Waals surface area (Å²) in [7, 11) is 0. The maximum absolute atomic E-state index is 9.94. The van der Waals surface area contributed by atoms with Crippen LogP contribution in [0.2, 0.25) is 0 Å². The van der Waals surface area contributed by atoms with Crippen molar-refractivity contribution in [3.63, 3.8) is 0 Å². The summed E-state index contributed by atoms with van der Waals surface area (Å²) in [6.45, 7) is 2.00. The number of carbonyl (C=O) groups excluding carboxylic acids is 1. The summed E-state index contributed by atoms with van der Waals surface area (Å²) >= 11 is 0. The summed E-state index contributed by atoms with van der Waals surface area (Å²) in [5.74, 6) is 0. The lowest BCUT2D eigenvalue weighted by Gasteiger charge is -2.08. The zero-order valence-electron chi connectivity index (χ0n) is 5.29. The first-order valence-corrected chi connectivity index (χ1v) is 3.17. The van der Waals surface area contributed by atoms with Gasteiger partial charge in [0, 0.05) is 13.1 Å². The van der Waals surface area contributed by atoms with Crippen molar-refractivity contribution in [1.82, 2.24) is 4.90 Å². The zero-order chi connectivity index (χ0) is 6.69. The van der Waals surface area contributed by atoms with Gasteiger partial charge in [0.1, 0.15) is 6.29 Å². The molecule has 0 aromatic carbocycles. The van der Waals surface area contributed by atoms with Crippen LogP contribution in [0.1, 0.15) is 6.42 Å². The van der Waals surface area contributed by atoms with E-state index < -0.39 is 0 Å². The monoisotopic (exact) mass is 129 g/mol. The second-order valence-electron chi connectivity index (χ2n) is 2.37. The molecule has 0 spiro atoms. The van der Waals surface area contributed by atoms with E-state index in [-0.39, 0.29) is 6.10 Å². The number of likely N-dealkylation sites (tertiary alicyclic amines) is 1. The van der Waals surface area contributed by atoms with E-state index >= 15 is 0 Å². The number of aldehydes is 1. The molecular weight excluding hydrogens is 118 g/mol. The lowest BCUT2D eigenvalue weighted by Crippen LogP contribution is -2.23. The second kappa shape index (κ2) is 2.94. The van der Waals surface area contributed by atoms with Gasteiger partial charge in [-0.05, 0) is 6.42 Å². The number of aliphatic hydroxyl groups excluding tert-OH is 1. The number of carbonyl (C=O) groups is 1. The zero-order valence-corrected chi connectivity index (χ0v) is 5.29. The number of aliphatic hydroxyl groups is 1. The molecule has 0 bridgehead atoms. The van der Waals surface area contributed by atoms with Crippen LogP contribution in [-0.2, 0) is 4.79 Å². The number of nitrogens with zero attached hydrogens (tertiary/aromatic N) is 1. The molecule has 0 aliphatic carbocycles. The summed E-state index contributed by atoms with van der Waals surface area (Å²) in [5.41, 5.74) is 0. The Labute approximate surface area is 54.3 Å². The first-order chi connectivity index (χ1) is 4.33. The highest BCUT2D eigenvalue weighted by molar-refractivity contribution is 5.52. The Morgan fingerprint density at radius 3 is 3.00 bits per heavy atom. The lowest BCUT2D eigenvalue weighted by atomic mass is 10.3. The molecule has 0 aromatic heterocycles. The Morgan fingerprint density at radius 1 is 1.78 bits per heavy atom. The Hall–Kier alpha value is -0.410. The molecule has 3 heteroatoms. The van der Waals surface area contributed by atoms with Crippen LogP contribution in [0.5, 0.6) is 0 Å². The van der Waals surface area contributed by atoms with Crippen molar-refractivity contribution in [3.8, 4) is 0 Å². The molecule has 0 saturated carbocycles. The average Bonchev–Trinajstić information content (AvgIpc) is 2.17. The molecule has 3 nitrogen and oxygen atoms in total. The van der Waals surface area contributed by atoms with E-state index in [2.05, 4.69) is 0 Å². The van der Waals surface area contributed by atoms with Crippen molar-refractivity contribution in [2.24, 2.45) is 0 Å². The van der Waals surface area contributed by atoms with Crippen LogP contribution in [0.15, 0.2) is 0 Å². The number of rotatable bonds is 2. The van der Waals surface area contributed by atoms with Crippen molar-refractivity contribution in [2.45, 2.75) is 12.5 Å². The van der Waals surface area contributed by atoms with Gasteiger partial charge >= 0.3 is 0 Å². The Kier molecular flexibility index (Phi) is 2.19. The molecule has 1 fully saturated rings. The maximum Gasteiger partial charge on any atom is 0.133 e. The third-order valence-electron chi connectivity index (χ3n) is 1.58. The van der Waals surface area contributed by atoms with Crippen LogP contribution in [0.4, 0.5) is 0 Å². The molecule has 1 atom stereocenters. The van der Waals surface area contributed by atoms with Crippen molar-refractivity contribution in [1.29, 1.82) is 0 Å². The van der Waals surface area contributed by atoms with Gasteiger partial charge in [-0.3, -0.25) is 4.90 Å². The molecule has 0 aromatic rings. The first-order valence-electron chi connectivity index (χ1n) is 3.17. The van der Waals surface area contributed by atoms with Crippen LogP contribution in [0, 0.1) is 0 Å². The van der Waals surface area contributed by atoms with E-state index in [0.29, 0.717) is 13.1 Å². The van der Waals surface area contributed by atoms with Gasteiger partial charge in [0.2, 0.25) is 0 Å². The minimum absolute atomic E-state index is 0.204. The highest BCUT2D eigenvalue weighted by Gasteiger charge is 2.18. The highest BCUT2D eigenvalue weighted by atomic mass is 16.3. The van der Waals surface area contributed by atoms with E-state index in [9.17, 15) is 4.79 Å². The molecule has 1 heterocycles. The van der Waals surface area contributed by atoms with Crippen LogP contribution < -0.4 is 0 Å². The third kappa shape index (κ3) is 1.77. The molecule has 1 rings (SSSR count). The first kappa shape index (κ1) is 6.71. The van der Waals surface area contributed by atoms with E-state index in [1.54, 1.807) is 0 Å². The predicted octanol–water partition coefficient (Wildman–Crippen LogP) is -0.748. The topological polar surface area (TPSA) is 40.5 Å². The van der Waals surface area contributed by atoms with Crippen LogP contribution in [0.25, 0.3) is 0 Å². The normalized spacial score (nSPS) is 28.8. The van der Waals surface area contributed by atoms with Crippen molar-refractivity contribution in [2.75, 3.05) is 19.6 Å². The Balaban J connectivity index is 2.21. The quantitative estimate of drug-likeness (QED) is 0.499. The predicted molar refractivity (Wildman–Crippen MR) is 33.1 cm³/mol. The van der Waals surface area contributed by atoms with Gasteiger partial charge < -0.3 is 9.90 Å². The van der Waals surface area contributed by atoms with Gasteiger partial charge in [-0.25, -0.2) is 0 Å². The second-order valence-corrected chi connectivity index (χ2v) is 2.37. The molecule has 1 saturated heterocycles. The number of hydrogen-bond donors (Lipinski definition) is 1. The maximum atomic E-state index is 9.94. The largest absolute Gasteiger partial charge is 0.392 e. The SMILES string of the molecule is O=CCN1CC[C@H](O)C1. The van der Waals surface area contributed by atoms with Crippen LogP contribution in [0.3, 0.4) is 0 Å². The van der Waals surface area contributed by atoms with Gasteiger partial charge in [-0.2, -0.15) is 0 Å². The fraction of sp³-hybridized carbons (Fsp3) is 0.833. The van der Waals surface area contributed by atoms with Gasteiger partial charge in [0.15, 0.2) is 0 Å². The molecule has 1 N–H and O–H groups in total. The van der Waals surface area contributed by atoms with E-state index in [1.807, 2.05) is 4.90 Å². The lowest BCUT2D eigenvalue weighted by molar-refractivity contribution is -0.108. The summed E-state index contributed by atoms with van der Waals surface area (Å²) in [5, 5.41) is 8.97. The fourth-order valence-corrected chi connectivity index (χ4v) is 1.08. The minimum Gasteiger partial charge on any atom is -0.392 e. The van der Waals surface area contributed by atoms with Crippen LogP contribution >= 0.6 is 0 Å². The molecule has 52 valence electrons. The smallest absolute Gasteiger partial charge is 0.133 e. The van der Waals surface area contributed by atoms with E-state index in [0.717, 1.165) is 19.3 Å². The van der Waals surface area contributed by atoms with E-state index in [4.69, 9.17) is 5.11 Å². The average molecular weight is 129 g/mol. The summed E-state index contributed by atoms with van der Waals surface area (Å²) in [6.07, 6.45) is 1.48. The molecule has 0 radical (unpaired) electrons. The molecule has 1 aliphatic heterocycles. The van der Waals surface area contributed by atoms with Gasteiger partial charge in [0.05, 0.1) is 12.6 Å².